The number of nitrogens with zero attached hydrogens (tertiary/aromatic N) is 4. The largest absolute Gasteiger partial charge is 0.493 e. The maximum Gasteiger partial charge on any atom is 0.412 e. The Kier molecular flexibility index (Phi) is 24.1. The Morgan fingerprint density at radius 2 is 1.48 bits per heavy atom. The highest BCUT2D eigenvalue weighted by molar-refractivity contribution is 8.77. The molecule has 0 radical (unpaired) electrons. The maximum absolute atomic E-state index is 14.3. The minimum atomic E-state index is -0.784. The number of fused-ring (bicyclic) bond motifs is 2. The number of benzene rings is 2. The van der Waals surface area contributed by atoms with E-state index in [4.69, 9.17) is 43.6 Å². The summed E-state index contributed by atoms with van der Waals surface area (Å²) in [6, 6.07) is 5.93. The van der Waals surface area contributed by atoms with Gasteiger partial charge < -0.3 is 69.4 Å². The number of methoxy groups -OCH3 is 2. The first-order valence-corrected chi connectivity index (χ1v) is 30.1. The number of nitrogens with two attached hydrogens (primary N) is 1. The van der Waals surface area contributed by atoms with E-state index in [2.05, 4.69) is 34.1 Å². The van der Waals surface area contributed by atoms with Crippen LogP contribution in [-0.2, 0) is 33.3 Å². The van der Waals surface area contributed by atoms with Crippen LogP contribution < -0.4 is 40.6 Å². The number of nitrogens with one attached hydrogen (secondary N) is 3. The van der Waals surface area contributed by atoms with Gasteiger partial charge in [-0.15, -0.1) is 0 Å². The third-order valence-corrected chi connectivity index (χ3v) is 17.3. The molecule has 0 saturated carbocycles. The fourth-order valence-electron chi connectivity index (χ4n) is 9.51. The number of amides is 6. The van der Waals surface area contributed by atoms with Gasteiger partial charge in [0, 0.05) is 75.4 Å². The van der Waals surface area contributed by atoms with Crippen molar-refractivity contribution in [2.45, 2.75) is 127 Å². The van der Waals surface area contributed by atoms with Crippen LogP contribution in [0.5, 0.6) is 23.0 Å². The summed E-state index contributed by atoms with van der Waals surface area (Å²) in [4.78, 5) is 86.4. The molecule has 3 atom stereocenters. The Morgan fingerprint density at radius 1 is 0.817 bits per heavy atom. The third-order valence-electron chi connectivity index (χ3n) is 14.0. The van der Waals surface area contributed by atoms with Gasteiger partial charge >= 0.3 is 6.09 Å². The average Bonchev–Trinajstić information content (AvgIpc) is 3.95. The van der Waals surface area contributed by atoms with Crippen molar-refractivity contribution in [3.63, 3.8) is 0 Å². The monoisotopic (exact) mass is 1180 g/mol. The SMILES string of the molecule is C=C1CC2C=Nc3cc(OCCCCCOc4cc(N)c(C(=O)N5CC(=C)CC5C5OCCN5C(=O)OCC(C)(C)SSCCC(=O)NCCNC(=O)CCOC(C)(C)CCOC(C)(C)CNC=O)cc4OC)c(OC)cc3C(=O)N2C1. The Morgan fingerprint density at radius 3 is 2.17 bits per heavy atom. The second-order valence-corrected chi connectivity index (χ2v) is 25.5. The first-order valence-electron chi connectivity index (χ1n) is 27.8. The van der Waals surface area contributed by atoms with Crippen LogP contribution in [0.2, 0.25) is 0 Å². The maximum atomic E-state index is 14.3. The van der Waals surface area contributed by atoms with Gasteiger partial charge in [-0.05, 0) is 92.2 Å². The van der Waals surface area contributed by atoms with Crippen molar-refractivity contribution in [2.75, 3.05) is 105 Å². The van der Waals surface area contributed by atoms with Gasteiger partial charge in [-0.3, -0.25) is 33.9 Å². The lowest BCUT2D eigenvalue weighted by Crippen LogP contribution is -2.51. The van der Waals surface area contributed by atoms with Gasteiger partial charge in [-0.1, -0.05) is 45.9 Å². The third kappa shape index (κ3) is 18.9. The molecule has 0 spiro atoms. The molecule has 4 aliphatic heterocycles. The second-order valence-electron chi connectivity index (χ2n) is 22.4. The standard InChI is InChI=1S/C58H84N8O14S2/c1-38-26-40-32-63-44-31-49(47(74-10)29-42(44)53(71)65(40)33-38)76-21-13-11-12-20-75-48-30-43(59)41(28-46(48)73-9)52(70)66-34-39(2)27-45(66)54-64(19-24-77-54)55(72)78-36-58(7,8)82-81-25-15-51(69)62-18-17-61-50(68)14-22-79-56(3,4)16-23-80-57(5,6)35-60-37-67/h28-32,37,40,45,54H,1-2,11-27,33-36,59H2,3-10H3,(H,60,67)(H,61,68)(H,62,69). The van der Waals surface area contributed by atoms with Gasteiger partial charge in [0.05, 0.1) is 98.6 Å². The molecule has 5 N–H and O–H groups in total. The van der Waals surface area contributed by atoms with Crippen LogP contribution in [0.15, 0.2) is 53.6 Å². The number of ether oxygens (including phenoxy) is 8. The number of nitrogen functional groups attached to an aromatic ring is 1. The molecule has 0 aromatic heterocycles. The number of carbonyl (C=O) groups excluding carboxylic acids is 6. The van der Waals surface area contributed by atoms with Crippen molar-refractivity contribution in [1.29, 1.82) is 0 Å². The van der Waals surface area contributed by atoms with Crippen LogP contribution in [0.1, 0.15) is 114 Å². The number of aliphatic imine (C=N–C) groups is 1. The highest BCUT2D eigenvalue weighted by Gasteiger charge is 2.45. The minimum Gasteiger partial charge on any atom is -0.493 e. The fraction of sp³-hybridized carbons (Fsp3) is 0.603. The molecule has 3 fully saturated rings. The molecule has 3 unspecified atom stereocenters. The van der Waals surface area contributed by atoms with Crippen LogP contribution in [0.3, 0.4) is 0 Å². The van der Waals surface area contributed by atoms with Gasteiger partial charge in [0.15, 0.2) is 29.2 Å². The van der Waals surface area contributed by atoms with Gasteiger partial charge in [-0.25, -0.2) is 4.79 Å². The number of rotatable bonds is 33. The summed E-state index contributed by atoms with van der Waals surface area (Å²) in [5.41, 5.74) is 8.75. The summed E-state index contributed by atoms with van der Waals surface area (Å²) in [7, 11) is 6.03. The predicted molar refractivity (Wildman–Crippen MR) is 316 cm³/mol. The molecule has 22 nitrogen and oxygen atoms in total. The molecular formula is C58H84N8O14S2. The summed E-state index contributed by atoms with van der Waals surface area (Å²) in [5.74, 6) is 1.40. The zero-order chi connectivity index (χ0) is 59.6. The van der Waals surface area contributed by atoms with E-state index >= 15 is 0 Å². The Hall–Kier alpha value is -6.21. The number of unbranched alkanes of at least 4 members (excludes halogenated alkanes) is 2. The Labute approximate surface area is 490 Å². The van der Waals surface area contributed by atoms with Crippen LogP contribution >= 0.6 is 21.6 Å². The summed E-state index contributed by atoms with van der Waals surface area (Å²) in [5, 5.41) is 8.26. The van der Waals surface area contributed by atoms with E-state index in [1.165, 1.54) is 33.6 Å². The quantitative estimate of drug-likeness (QED) is 0.0187. The summed E-state index contributed by atoms with van der Waals surface area (Å²) in [6.45, 7) is 23.5. The van der Waals surface area contributed by atoms with Crippen molar-refractivity contribution in [2.24, 2.45) is 4.99 Å². The number of anilines is 1. The topological polar surface area (TPSA) is 260 Å². The van der Waals surface area contributed by atoms with Crippen molar-refractivity contribution in [3.8, 4) is 23.0 Å². The fourth-order valence-corrected chi connectivity index (χ4v) is 11.9. The highest BCUT2D eigenvalue weighted by atomic mass is 33.1. The van der Waals surface area contributed by atoms with E-state index in [0.717, 1.165) is 17.6 Å². The number of likely N-dealkylation sites (tertiary alicyclic amines) is 1. The van der Waals surface area contributed by atoms with E-state index in [0.29, 0.717) is 111 Å². The van der Waals surface area contributed by atoms with Crippen molar-refractivity contribution in [3.05, 3.63) is 59.7 Å². The van der Waals surface area contributed by atoms with Crippen LogP contribution in [0, 0.1) is 0 Å². The smallest absolute Gasteiger partial charge is 0.412 e. The lowest BCUT2D eigenvalue weighted by Gasteiger charge is -2.33. The Bertz CT molecular complexity index is 2630. The van der Waals surface area contributed by atoms with Gasteiger partial charge in [0.1, 0.15) is 6.61 Å². The molecule has 4 aliphatic rings. The molecule has 2 aromatic carbocycles. The first kappa shape index (κ1) is 65.0. The van der Waals surface area contributed by atoms with Gasteiger partial charge in [-0.2, -0.15) is 0 Å². The molecule has 24 heteroatoms. The lowest BCUT2D eigenvalue weighted by atomic mass is 10.1. The number of carbonyl (C=O) groups is 6. The zero-order valence-electron chi connectivity index (χ0n) is 48.9. The van der Waals surface area contributed by atoms with Gasteiger partial charge in [0.25, 0.3) is 11.8 Å². The van der Waals surface area contributed by atoms with E-state index in [-0.39, 0.29) is 99.8 Å². The van der Waals surface area contributed by atoms with Crippen molar-refractivity contribution < 1.29 is 66.7 Å². The molecule has 0 bridgehead atoms. The molecule has 3 saturated heterocycles. The van der Waals surface area contributed by atoms with E-state index in [1.54, 1.807) is 47.4 Å². The van der Waals surface area contributed by atoms with Crippen LogP contribution in [0.4, 0.5) is 16.2 Å². The molecule has 2 aromatic rings. The van der Waals surface area contributed by atoms with Crippen LogP contribution in [-0.4, -0.2) is 190 Å². The zero-order valence-corrected chi connectivity index (χ0v) is 50.5. The number of hydrogen-bond donors (Lipinski definition) is 4. The summed E-state index contributed by atoms with van der Waals surface area (Å²) in [6.07, 6.45) is 5.42. The average molecular weight is 1180 g/mol. The highest BCUT2D eigenvalue weighted by Crippen LogP contribution is 2.40. The molecule has 4 heterocycles. The normalized spacial score (nSPS) is 18.0. The molecule has 0 aliphatic carbocycles. The molecule has 452 valence electrons. The first-order chi connectivity index (χ1) is 39.0. The summed E-state index contributed by atoms with van der Waals surface area (Å²) >= 11 is 0. The lowest BCUT2D eigenvalue weighted by molar-refractivity contribution is -0.125. The van der Waals surface area contributed by atoms with E-state index < -0.39 is 34.3 Å². The van der Waals surface area contributed by atoms with E-state index in [1.807, 2.05) is 41.5 Å². The molecule has 6 amide bonds. The van der Waals surface area contributed by atoms with Gasteiger partial charge in [0.2, 0.25) is 18.2 Å². The second kappa shape index (κ2) is 30.4. The number of hydrogen-bond acceptors (Lipinski definition) is 18. The van der Waals surface area contributed by atoms with Crippen LogP contribution in [0.25, 0.3) is 0 Å². The van der Waals surface area contributed by atoms with E-state index in [9.17, 15) is 28.8 Å². The molecule has 6 rings (SSSR count). The molecule has 82 heavy (non-hydrogen) atoms. The van der Waals surface area contributed by atoms with Crippen molar-refractivity contribution in [1.82, 2.24) is 30.7 Å². The summed E-state index contributed by atoms with van der Waals surface area (Å²) < 4.78 is 46.7. The predicted octanol–water partition coefficient (Wildman–Crippen LogP) is 6.87. The minimum absolute atomic E-state index is 0.0814. The Balaban J connectivity index is 0.871. The van der Waals surface area contributed by atoms with Crippen molar-refractivity contribution >= 4 is 75.3 Å². The molecular weight excluding hydrogens is 1100 g/mol.